The second kappa shape index (κ2) is 5.79. The summed E-state index contributed by atoms with van der Waals surface area (Å²) in [5.41, 5.74) is 1.33. The predicted molar refractivity (Wildman–Crippen MR) is 73.6 cm³/mol. The minimum absolute atomic E-state index is 0.300. The lowest BCUT2D eigenvalue weighted by Gasteiger charge is -2.10. The van der Waals surface area contributed by atoms with Gasteiger partial charge in [0.1, 0.15) is 6.33 Å². The first-order valence-corrected chi connectivity index (χ1v) is 6.27. The minimum atomic E-state index is -0.374. The maximum atomic E-state index is 11.8. The van der Waals surface area contributed by atoms with E-state index in [1.54, 1.807) is 19.3 Å². The van der Waals surface area contributed by atoms with Crippen molar-refractivity contribution in [3.63, 3.8) is 0 Å². The Bertz CT molecular complexity index is 640. The summed E-state index contributed by atoms with van der Waals surface area (Å²) in [5, 5.41) is 3.31. The van der Waals surface area contributed by atoms with Gasteiger partial charge in [0, 0.05) is 29.5 Å². The van der Waals surface area contributed by atoms with Gasteiger partial charge in [0.25, 0.3) is 0 Å². The third-order valence-electron chi connectivity index (χ3n) is 2.74. The summed E-state index contributed by atoms with van der Waals surface area (Å²) in [4.78, 5) is 23.9. The van der Waals surface area contributed by atoms with Crippen LogP contribution < -0.4 is 11.0 Å². The van der Waals surface area contributed by atoms with Crippen molar-refractivity contribution < 1.29 is 0 Å². The summed E-state index contributed by atoms with van der Waals surface area (Å²) in [5.74, 6) is 0.300. The number of rotatable bonds is 4. The number of halogens is 1. The Kier molecular flexibility index (Phi) is 4.11. The van der Waals surface area contributed by atoms with Crippen LogP contribution in [0.15, 0.2) is 23.4 Å². The number of hydrogen-bond acceptors (Lipinski definition) is 5. The standard InChI is InChI=1S/C12H14ClN5O/c1-3-10-8(9(13)4-5-15-10)6-18-7-16-11(14-2)17-12(18)19/h4-5,7H,3,6H2,1-2H3,(H,14,17,19). The van der Waals surface area contributed by atoms with Crippen molar-refractivity contribution >= 4 is 17.5 Å². The van der Waals surface area contributed by atoms with Gasteiger partial charge in [0.05, 0.1) is 6.54 Å². The Balaban J connectivity index is 2.39. The van der Waals surface area contributed by atoms with Crippen LogP contribution in [-0.4, -0.2) is 26.6 Å². The zero-order valence-corrected chi connectivity index (χ0v) is 11.5. The van der Waals surface area contributed by atoms with Crippen molar-refractivity contribution in [3.8, 4) is 0 Å². The lowest BCUT2D eigenvalue weighted by atomic mass is 10.1. The molecule has 0 unspecified atom stereocenters. The molecular formula is C12H14ClN5O. The van der Waals surface area contributed by atoms with E-state index in [0.717, 1.165) is 17.7 Å². The number of pyridine rings is 1. The number of nitrogens with one attached hydrogen (secondary N) is 1. The molecule has 0 bridgehead atoms. The number of aryl methyl sites for hydroxylation is 1. The quantitative estimate of drug-likeness (QED) is 0.914. The van der Waals surface area contributed by atoms with Crippen LogP contribution in [0, 0.1) is 0 Å². The Morgan fingerprint density at radius 3 is 2.84 bits per heavy atom. The molecule has 19 heavy (non-hydrogen) atoms. The van der Waals surface area contributed by atoms with Crippen LogP contribution in [0.1, 0.15) is 18.2 Å². The van der Waals surface area contributed by atoms with Crippen molar-refractivity contribution in [1.82, 2.24) is 19.5 Å². The summed E-state index contributed by atoms with van der Waals surface area (Å²) >= 11 is 6.16. The second-order valence-corrected chi connectivity index (χ2v) is 4.32. The number of anilines is 1. The van der Waals surface area contributed by atoms with Crippen molar-refractivity contribution in [2.45, 2.75) is 19.9 Å². The van der Waals surface area contributed by atoms with E-state index < -0.39 is 0 Å². The average Bonchev–Trinajstić information content (AvgIpc) is 2.42. The Morgan fingerprint density at radius 1 is 1.42 bits per heavy atom. The van der Waals surface area contributed by atoms with Gasteiger partial charge in [-0.1, -0.05) is 18.5 Å². The largest absolute Gasteiger partial charge is 0.357 e. The Morgan fingerprint density at radius 2 is 2.21 bits per heavy atom. The maximum absolute atomic E-state index is 11.8. The van der Waals surface area contributed by atoms with Gasteiger partial charge >= 0.3 is 5.69 Å². The van der Waals surface area contributed by atoms with Gasteiger partial charge in [-0.25, -0.2) is 9.78 Å². The van der Waals surface area contributed by atoms with E-state index >= 15 is 0 Å². The first-order valence-electron chi connectivity index (χ1n) is 5.89. The normalized spacial score (nSPS) is 10.5. The Labute approximate surface area is 115 Å². The van der Waals surface area contributed by atoms with E-state index in [1.807, 2.05) is 6.92 Å². The molecule has 0 saturated heterocycles. The van der Waals surface area contributed by atoms with Gasteiger partial charge in [-0.2, -0.15) is 4.98 Å². The molecule has 0 atom stereocenters. The summed E-state index contributed by atoms with van der Waals surface area (Å²) < 4.78 is 1.41. The lowest BCUT2D eigenvalue weighted by molar-refractivity contribution is 0.693. The first kappa shape index (κ1) is 13.5. The molecule has 100 valence electrons. The first-order chi connectivity index (χ1) is 9.15. The van der Waals surface area contributed by atoms with E-state index in [0.29, 0.717) is 17.5 Å². The van der Waals surface area contributed by atoms with Crippen molar-refractivity contribution in [1.29, 1.82) is 0 Å². The smallest absolute Gasteiger partial charge is 0.352 e. The van der Waals surface area contributed by atoms with Crippen molar-refractivity contribution in [2.24, 2.45) is 0 Å². The van der Waals surface area contributed by atoms with Crippen LogP contribution in [0.3, 0.4) is 0 Å². The summed E-state index contributed by atoms with van der Waals surface area (Å²) in [6, 6.07) is 1.71. The third-order valence-corrected chi connectivity index (χ3v) is 3.10. The fourth-order valence-electron chi connectivity index (χ4n) is 1.74. The summed E-state index contributed by atoms with van der Waals surface area (Å²) in [6.07, 6.45) is 3.86. The molecule has 7 heteroatoms. The number of hydrogen-bond donors (Lipinski definition) is 1. The summed E-state index contributed by atoms with van der Waals surface area (Å²) in [7, 11) is 1.66. The number of aromatic nitrogens is 4. The molecule has 0 fully saturated rings. The molecule has 0 radical (unpaired) electrons. The predicted octanol–water partition coefficient (Wildman–Crippen LogP) is 1.34. The molecule has 0 spiro atoms. The highest BCUT2D eigenvalue weighted by molar-refractivity contribution is 6.31. The molecule has 0 aromatic carbocycles. The van der Waals surface area contributed by atoms with Gasteiger partial charge in [-0.3, -0.25) is 9.55 Å². The SMILES string of the molecule is CCc1nccc(Cl)c1Cn1cnc(NC)nc1=O. The van der Waals surface area contributed by atoms with Crippen LogP contribution in [0.25, 0.3) is 0 Å². The molecule has 0 aliphatic heterocycles. The molecule has 0 saturated carbocycles. The fourth-order valence-corrected chi connectivity index (χ4v) is 1.96. The zero-order valence-electron chi connectivity index (χ0n) is 10.7. The van der Waals surface area contributed by atoms with Gasteiger partial charge in [0.2, 0.25) is 5.95 Å². The molecule has 6 nitrogen and oxygen atoms in total. The van der Waals surface area contributed by atoms with Crippen LogP contribution in [0.4, 0.5) is 5.95 Å². The van der Waals surface area contributed by atoms with Crippen molar-refractivity contribution in [2.75, 3.05) is 12.4 Å². The van der Waals surface area contributed by atoms with E-state index in [4.69, 9.17) is 11.6 Å². The number of nitrogens with zero attached hydrogens (tertiary/aromatic N) is 4. The molecular weight excluding hydrogens is 266 g/mol. The van der Waals surface area contributed by atoms with Crippen LogP contribution in [0.2, 0.25) is 5.02 Å². The van der Waals surface area contributed by atoms with Crippen molar-refractivity contribution in [3.05, 3.63) is 45.4 Å². The monoisotopic (exact) mass is 279 g/mol. The molecule has 1 N–H and O–H groups in total. The molecule has 2 aromatic rings. The molecule has 2 heterocycles. The second-order valence-electron chi connectivity index (χ2n) is 3.91. The fraction of sp³-hybridized carbons (Fsp3) is 0.333. The topological polar surface area (TPSA) is 72.7 Å². The zero-order chi connectivity index (χ0) is 13.8. The van der Waals surface area contributed by atoms with E-state index in [1.165, 1.54) is 10.9 Å². The van der Waals surface area contributed by atoms with E-state index in [9.17, 15) is 4.79 Å². The molecule has 0 aliphatic carbocycles. The third kappa shape index (κ3) is 2.90. The van der Waals surface area contributed by atoms with Gasteiger partial charge < -0.3 is 5.32 Å². The van der Waals surface area contributed by atoms with Gasteiger partial charge in [0.15, 0.2) is 0 Å². The molecule has 2 aromatic heterocycles. The van der Waals surface area contributed by atoms with Crippen LogP contribution in [-0.2, 0) is 13.0 Å². The molecule has 2 rings (SSSR count). The minimum Gasteiger partial charge on any atom is -0.357 e. The van der Waals surface area contributed by atoms with E-state index in [-0.39, 0.29) is 5.69 Å². The molecule has 0 amide bonds. The maximum Gasteiger partial charge on any atom is 0.352 e. The summed E-state index contributed by atoms with van der Waals surface area (Å²) in [6.45, 7) is 2.31. The highest BCUT2D eigenvalue weighted by atomic mass is 35.5. The average molecular weight is 280 g/mol. The molecule has 0 aliphatic rings. The van der Waals surface area contributed by atoms with Gasteiger partial charge in [-0.15, -0.1) is 0 Å². The highest BCUT2D eigenvalue weighted by Crippen LogP contribution is 2.19. The highest BCUT2D eigenvalue weighted by Gasteiger charge is 2.09. The van der Waals surface area contributed by atoms with Crippen LogP contribution >= 0.6 is 11.6 Å². The Hall–Kier alpha value is -1.95. The van der Waals surface area contributed by atoms with Gasteiger partial charge in [-0.05, 0) is 12.5 Å². The lowest BCUT2D eigenvalue weighted by Crippen LogP contribution is -2.25. The van der Waals surface area contributed by atoms with Crippen LogP contribution in [0.5, 0.6) is 0 Å². The van der Waals surface area contributed by atoms with E-state index in [2.05, 4.69) is 20.3 Å².